The molecule has 1 aromatic carbocycles. The molecule has 24 heavy (non-hydrogen) atoms. The van der Waals surface area contributed by atoms with E-state index in [9.17, 15) is 4.79 Å². The first kappa shape index (κ1) is 16.2. The number of carbonyl (C=O) groups excluding carboxylic acids is 1. The lowest BCUT2D eigenvalue weighted by Gasteiger charge is -2.27. The van der Waals surface area contributed by atoms with E-state index >= 15 is 0 Å². The average molecular weight is 325 g/mol. The maximum Gasteiger partial charge on any atom is 0.319 e. The maximum absolute atomic E-state index is 12.0. The molecule has 2 heterocycles. The molecule has 0 aliphatic carbocycles. The second-order valence-corrected chi connectivity index (χ2v) is 6.02. The molecule has 6 nitrogen and oxygen atoms in total. The van der Waals surface area contributed by atoms with E-state index in [1.54, 1.807) is 0 Å². The van der Waals surface area contributed by atoms with Crippen molar-refractivity contribution in [3.63, 3.8) is 0 Å². The zero-order chi connectivity index (χ0) is 16.8. The highest BCUT2D eigenvalue weighted by molar-refractivity contribution is 5.89. The van der Waals surface area contributed by atoms with E-state index in [1.807, 2.05) is 43.3 Å². The Hall–Kier alpha value is -2.63. The lowest BCUT2D eigenvalue weighted by Crippen LogP contribution is -2.32. The highest BCUT2D eigenvalue weighted by atomic mass is 16.2. The molecule has 1 aliphatic rings. The van der Waals surface area contributed by atoms with Gasteiger partial charge in [0, 0.05) is 24.5 Å². The molecule has 2 N–H and O–H groups in total. The fraction of sp³-hybridized carbons (Fsp3) is 0.389. The molecule has 3 rings (SSSR count). The first-order chi connectivity index (χ1) is 11.7. The van der Waals surface area contributed by atoms with Crippen LogP contribution in [0.25, 0.3) is 0 Å². The van der Waals surface area contributed by atoms with Gasteiger partial charge in [0.25, 0.3) is 0 Å². The van der Waals surface area contributed by atoms with Gasteiger partial charge in [-0.3, -0.25) is 0 Å². The van der Waals surface area contributed by atoms with Gasteiger partial charge in [0.15, 0.2) is 0 Å². The van der Waals surface area contributed by atoms with Crippen LogP contribution in [0.2, 0.25) is 0 Å². The van der Waals surface area contributed by atoms with Crippen molar-refractivity contribution >= 4 is 17.7 Å². The Kier molecular flexibility index (Phi) is 5.25. The van der Waals surface area contributed by atoms with Gasteiger partial charge in [-0.15, -0.1) is 0 Å². The van der Waals surface area contributed by atoms with Gasteiger partial charge in [-0.1, -0.05) is 18.2 Å². The quantitative estimate of drug-likeness (QED) is 0.906. The van der Waals surface area contributed by atoms with Crippen molar-refractivity contribution in [2.75, 3.05) is 23.3 Å². The first-order valence-electron chi connectivity index (χ1n) is 8.40. The van der Waals surface area contributed by atoms with Gasteiger partial charge >= 0.3 is 6.03 Å². The molecule has 2 amide bonds. The van der Waals surface area contributed by atoms with Gasteiger partial charge < -0.3 is 15.5 Å². The Morgan fingerprint density at radius 1 is 1.12 bits per heavy atom. The summed E-state index contributed by atoms with van der Waals surface area (Å²) in [4.78, 5) is 23.4. The van der Waals surface area contributed by atoms with Crippen LogP contribution in [-0.4, -0.2) is 29.1 Å². The van der Waals surface area contributed by atoms with Crippen LogP contribution in [-0.2, 0) is 6.54 Å². The van der Waals surface area contributed by atoms with Gasteiger partial charge in [0.05, 0.1) is 12.2 Å². The van der Waals surface area contributed by atoms with E-state index in [-0.39, 0.29) is 6.03 Å². The van der Waals surface area contributed by atoms with Crippen molar-refractivity contribution in [1.82, 2.24) is 15.3 Å². The zero-order valence-corrected chi connectivity index (χ0v) is 14.0. The Bertz CT molecular complexity index is 683. The van der Waals surface area contributed by atoms with Crippen LogP contribution >= 0.6 is 0 Å². The Balaban J connectivity index is 1.60. The van der Waals surface area contributed by atoms with Crippen molar-refractivity contribution in [2.45, 2.75) is 32.7 Å². The normalized spacial score (nSPS) is 14.3. The summed E-state index contributed by atoms with van der Waals surface area (Å²) in [5.41, 5.74) is 2.51. The van der Waals surface area contributed by atoms with Crippen LogP contribution in [0.5, 0.6) is 0 Å². The number of urea groups is 1. The number of piperidine rings is 1. The molecule has 0 spiro atoms. The number of benzene rings is 1. The third-order valence-corrected chi connectivity index (χ3v) is 4.00. The Morgan fingerprint density at radius 2 is 1.88 bits per heavy atom. The molecule has 1 aromatic heterocycles. The van der Waals surface area contributed by atoms with Gasteiger partial charge in [-0.2, -0.15) is 0 Å². The van der Waals surface area contributed by atoms with E-state index in [1.165, 1.54) is 19.3 Å². The predicted molar refractivity (Wildman–Crippen MR) is 95.1 cm³/mol. The van der Waals surface area contributed by atoms with Crippen LogP contribution in [0, 0.1) is 6.92 Å². The van der Waals surface area contributed by atoms with Crippen LogP contribution in [0.1, 0.15) is 30.7 Å². The van der Waals surface area contributed by atoms with Crippen LogP contribution in [0.15, 0.2) is 36.4 Å². The number of para-hydroxylation sites is 1. The fourth-order valence-corrected chi connectivity index (χ4v) is 2.81. The maximum atomic E-state index is 12.0. The number of amides is 2. The van der Waals surface area contributed by atoms with Crippen LogP contribution in [0.3, 0.4) is 0 Å². The molecule has 1 fully saturated rings. The zero-order valence-electron chi connectivity index (χ0n) is 14.0. The minimum atomic E-state index is -0.239. The average Bonchev–Trinajstić information content (AvgIpc) is 2.61. The lowest BCUT2D eigenvalue weighted by atomic mass is 10.1. The molecule has 0 saturated carbocycles. The van der Waals surface area contributed by atoms with E-state index in [4.69, 9.17) is 0 Å². The van der Waals surface area contributed by atoms with Crippen molar-refractivity contribution in [3.05, 3.63) is 47.8 Å². The summed E-state index contributed by atoms with van der Waals surface area (Å²) in [6.45, 7) is 4.35. The molecule has 2 aromatic rings. The standard InChI is InChI=1S/C18H23N5O/c1-14-12-16(21-17(20-14)23-10-6-3-7-11-23)13-19-18(24)22-15-8-4-2-5-9-15/h2,4-5,8-9,12H,3,6-7,10-11,13H2,1H3,(H2,19,22,24). The molecule has 0 atom stereocenters. The Labute approximate surface area is 142 Å². The van der Waals surface area contributed by atoms with E-state index in [2.05, 4.69) is 25.5 Å². The van der Waals surface area contributed by atoms with Crippen LogP contribution < -0.4 is 15.5 Å². The van der Waals surface area contributed by atoms with Crippen molar-refractivity contribution in [2.24, 2.45) is 0 Å². The Morgan fingerprint density at radius 3 is 2.62 bits per heavy atom. The number of aryl methyl sites for hydroxylation is 1. The second kappa shape index (κ2) is 7.77. The third-order valence-electron chi connectivity index (χ3n) is 4.00. The van der Waals surface area contributed by atoms with Crippen molar-refractivity contribution in [1.29, 1.82) is 0 Å². The lowest BCUT2D eigenvalue weighted by molar-refractivity contribution is 0.251. The highest BCUT2D eigenvalue weighted by Crippen LogP contribution is 2.16. The summed E-state index contributed by atoms with van der Waals surface area (Å²) in [7, 11) is 0. The summed E-state index contributed by atoms with van der Waals surface area (Å²) in [6, 6.07) is 11.1. The van der Waals surface area contributed by atoms with E-state index in [0.29, 0.717) is 6.54 Å². The number of anilines is 2. The number of hydrogen-bond acceptors (Lipinski definition) is 4. The fourth-order valence-electron chi connectivity index (χ4n) is 2.81. The van der Waals surface area contributed by atoms with Crippen LogP contribution in [0.4, 0.5) is 16.4 Å². The largest absolute Gasteiger partial charge is 0.341 e. The molecular weight excluding hydrogens is 302 g/mol. The molecule has 126 valence electrons. The summed E-state index contributed by atoms with van der Waals surface area (Å²) in [6.07, 6.45) is 3.64. The number of nitrogens with zero attached hydrogens (tertiary/aromatic N) is 3. The predicted octanol–water partition coefficient (Wildman–Crippen LogP) is 3.10. The second-order valence-electron chi connectivity index (χ2n) is 6.02. The third kappa shape index (κ3) is 4.44. The minimum Gasteiger partial charge on any atom is -0.341 e. The van der Waals surface area contributed by atoms with E-state index in [0.717, 1.165) is 36.1 Å². The molecular formula is C18H23N5O. The number of nitrogens with one attached hydrogen (secondary N) is 2. The molecule has 1 saturated heterocycles. The number of carbonyl (C=O) groups is 1. The summed E-state index contributed by atoms with van der Waals surface area (Å²) in [5.74, 6) is 0.773. The summed E-state index contributed by atoms with van der Waals surface area (Å²) < 4.78 is 0. The van der Waals surface area contributed by atoms with Gasteiger partial charge in [-0.25, -0.2) is 14.8 Å². The SMILES string of the molecule is Cc1cc(CNC(=O)Nc2ccccc2)nc(N2CCCCC2)n1. The molecule has 6 heteroatoms. The van der Waals surface area contributed by atoms with Gasteiger partial charge in [0.1, 0.15) is 0 Å². The van der Waals surface area contributed by atoms with Crippen molar-refractivity contribution in [3.8, 4) is 0 Å². The minimum absolute atomic E-state index is 0.239. The molecule has 0 unspecified atom stereocenters. The van der Waals surface area contributed by atoms with Gasteiger partial charge in [0.2, 0.25) is 5.95 Å². The smallest absolute Gasteiger partial charge is 0.319 e. The number of hydrogen-bond donors (Lipinski definition) is 2. The number of rotatable bonds is 4. The number of aromatic nitrogens is 2. The highest BCUT2D eigenvalue weighted by Gasteiger charge is 2.14. The first-order valence-corrected chi connectivity index (χ1v) is 8.40. The summed E-state index contributed by atoms with van der Waals surface area (Å²) >= 11 is 0. The van der Waals surface area contributed by atoms with Crippen molar-refractivity contribution < 1.29 is 4.79 Å². The van der Waals surface area contributed by atoms with E-state index < -0.39 is 0 Å². The molecule has 0 bridgehead atoms. The molecule has 1 aliphatic heterocycles. The van der Waals surface area contributed by atoms with Gasteiger partial charge in [-0.05, 0) is 44.4 Å². The molecule has 0 radical (unpaired) electrons. The topological polar surface area (TPSA) is 70.2 Å². The summed E-state index contributed by atoms with van der Waals surface area (Å²) in [5, 5.41) is 5.65. The monoisotopic (exact) mass is 325 g/mol.